The molecule has 6 rings (SSSR count). The highest BCUT2D eigenvalue weighted by Crippen LogP contribution is 2.64. The normalized spacial score (nSPS) is 28.6. The second-order valence-electron chi connectivity index (χ2n) is 12.7. The van der Waals surface area contributed by atoms with Crippen LogP contribution in [0.3, 0.4) is 0 Å². The number of carbonyl (C=O) groups is 5. The zero-order valence-corrected chi connectivity index (χ0v) is 26.1. The van der Waals surface area contributed by atoms with Crippen LogP contribution in [0.4, 0.5) is 10.1 Å². The molecule has 4 amide bonds. The van der Waals surface area contributed by atoms with Crippen LogP contribution in [-0.2, 0) is 24.0 Å². The molecule has 46 heavy (non-hydrogen) atoms. The van der Waals surface area contributed by atoms with Crippen LogP contribution in [0.1, 0.15) is 56.9 Å². The number of anilines is 1. The fraction of sp³-hybridized carbons (Fsp3) is 0.441. The number of carbonyl (C=O) groups excluding carboxylic acids is 4. The Kier molecular flexibility index (Phi) is 8.16. The second-order valence-corrected chi connectivity index (χ2v) is 13.1. The number of imide groups is 2. The van der Waals surface area contributed by atoms with E-state index in [1.807, 2.05) is 6.08 Å². The van der Waals surface area contributed by atoms with Gasteiger partial charge in [-0.2, -0.15) is 0 Å². The lowest BCUT2D eigenvalue weighted by Crippen LogP contribution is -2.48. The third-order valence-corrected chi connectivity index (χ3v) is 10.7. The van der Waals surface area contributed by atoms with Crippen LogP contribution in [0, 0.1) is 34.9 Å². The van der Waals surface area contributed by atoms with Crippen molar-refractivity contribution < 1.29 is 43.3 Å². The number of amides is 4. The first-order chi connectivity index (χ1) is 21.9. The fourth-order valence-corrected chi connectivity index (χ4v) is 8.35. The van der Waals surface area contributed by atoms with E-state index in [9.17, 15) is 33.5 Å². The standard InChI is InChI=1S/C34H34ClFN2O8/c1-34-22(31(43)38(33(34)45)17-10-13-24(36)23(35)15-17)16-21-18(28(34)20-7-6-8-25(46-2)29(20)41)11-12-19-27(21)32(44)37(30(19)42)14-5-3-4-9-26(39)40/h6-8,10-11,13,15,19,21-22,27-28,41H,3-5,9,12,14,16H2,1-2H3,(H,39,40)/t19-,21+,22-,27-,28+,34+/m0/s1. The van der Waals surface area contributed by atoms with Gasteiger partial charge in [0.05, 0.1) is 41.0 Å². The predicted molar refractivity (Wildman–Crippen MR) is 164 cm³/mol. The van der Waals surface area contributed by atoms with Crippen molar-refractivity contribution in [2.24, 2.45) is 29.1 Å². The molecular formula is C34H34ClFN2O8. The van der Waals surface area contributed by atoms with Gasteiger partial charge in [0, 0.05) is 24.4 Å². The monoisotopic (exact) mass is 652 g/mol. The Balaban J connectivity index is 1.41. The zero-order chi connectivity index (χ0) is 33.1. The average molecular weight is 653 g/mol. The highest BCUT2D eigenvalue weighted by Gasteiger charge is 2.68. The van der Waals surface area contributed by atoms with Gasteiger partial charge in [-0.15, -0.1) is 0 Å². The number of unbranched alkanes of at least 4 members (excludes halogenated alkanes) is 2. The van der Waals surface area contributed by atoms with Crippen LogP contribution < -0.4 is 9.64 Å². The minimum atomic E-state index is -1.41. The number of rotatable bonds is 9. The number of aromatic hydroxyl groups is 1. The van der Waals surface area contributed by atoms with Crippen molar-refractivity contribution in [1.82, 2.24) is 4.90 Å². The molecule has 0 spiro atoms. The molecule has 2 N–H and O–H groups in total. The Morgan fingerprint density at radius 3 is 2.52 bits per heavy atom. The van der Waals surface area contributed by atoms with Gasteiger partial charge in [-0.3, -0.25) is 28.9 Å². The summed E-state index contributed by atoms with van der Waals surface area (Å²) in [5.41, 5.74) is -0.241. The van der Waals surface area contributed by atoms with Gasteiger partial charge >= 0.3 is 5.97 Å². The molecule has 3 fully saturated rings. The molecule has 2 aromatic carbocycles. The number of allylic oxidation sites excluding steroid dienone is 2. The number of hydrogen-bond donors (Lipinski definition) is 2. The summed E-state index contributed by atoms with van der Waals surface area (Å²) in [7, 11) is 1.40. The quantitative estimate of drug-likeness (QED) is 0.217. The van der Waals surface area contributed by atoms with E-state index in [0.29, 0.717) is 30.4 Å². The number of halogens is 2. The molecule has 2 heterocycles. The van der Waals surface area contributed by atoms with Crippen LogP contribution in [0.5, 0.6) is 11.5 Å². The van der Waals surface area contributed by atoms with E-state index in [1.165, 1.54) is 24.1 Å². The van der Waals surface area contributed by atoms with Crippen LogP contribution in [0.25, 0.3) is 0 Å². The SMILES string of the molecule is COc1cccc([C@H]2C3=CC[C@@H]4C(=O)N(CCCCCC(=O)O)C(=O)[C@@H]4[C@@H]3C[C@H]3C(=O)N(c4ccc(F)c(Cl)c4)C(=O)[C@@]23C)c1O. The van der Waals surface area contributed by atoms with Crippen LogP contribution in [0.2, 0.25) is 5.02 Å². The Morgan fingerprint density at radius 1 is 1.07 bits per heavy atom. The Morgan fingerprint density at radius 2 is 1.83 bits per heavy atom. The number of aliphatic carboxylic acids is 1. The van der Waals surface area contributed by atoms with E-state index in [1.54, 1.807) is 25.1 Å². The van der Waals surface area contributed by atoms with E-state index in [-0.39, 0.29) is 59.8 Å². The lowest BCUT2D eigenvalue weighted by molar-refractivity contribution is -0.141. The van der Waals surface area contributed by atoms with Gasteiger partial charge in [0.25, 0.3) is 0 Å². The zero-order valence-electron chi connectivity index (χ0n) is 25.4. The molecule has 2 aliphatic carbocycles. The summed E-state index contributed by atoms with van der Waals surface area (Å²) in [6.07, 6.45) is 3.71. The van der Waals surface area contributed by atoms with Gasteiger partial charge in [0.2, 0.25) is 23.6 Å². The number of para-hydroxylation sites is 1. The Hall–Kier alpha value is -4.25. The molecule has 2 aromatic rings. The van der Waals surface area contributed by atoms with Crippen molar-refractivity contribution in [3.05, 3.63) is 64.5 Å². The molecule has 0 unspecified atom stereocenters. The molecule has 10 nitrogen and oxygen atoms in total. The summed E-state index contributed by atoms with van der Waals surface area (Å²) in [4.78, 5) is 69.3. The summed E-state index contributed by atoms with van der Waals surface area (Å²) in [6, 6.07) is 8.54. The largest absolute Gasteiger partial charge is 0.504 e. The molecule has 2 saturated heterocycles. The Labute approximate surface area is 269 Å². The molecular weight excluding hydrogens is 619 g/mol. The first kappa shape index (κ1) is 31.7. The van der Waals surface area contributed by atoms with E-state index in [0.717, 1.165) is 11.0 Å². The minimum Gasteiger partial charge on any atom is -0.504 e. The number of hydrogen-bond acceptors (Lipinski definition) is 7. The van der Waals surface area contributed by atoms with Crippen LogP contribution >= 0.6 is 11.6 Å². The molecule has 1 saturated carbocycles. The topological polar surface area (TPSA) is 142 Å². The van der Waals surface area contributed by atoms with Crippen molar-refractivity contribution in [1.29, 1.82) is 0 Å². The number of likely N-dealkylation sites (tertiary alicyclic amines) is 1. The summed E-state index contributed by atoms with van der Waals surface area (Å²) in [6.45, 7) is 1.85. The van der Waals surface area contributed by atoms with Crippen molar-refractivity contribution in [3.63, 3.8) is 0 Å². The number of carboxylic acid groups (broad SMARTS) is 1. The highest BCUT2D eigenvalue weighted by atomic mass is 35.5. The second kappa shape index (κ2) is 11.8. The maximum atomic E-state index is 14.5. The van der Waals surface area contributed by atoms with Crippen LogP contribution in [0.15, 0.2) is 48.0 Å². The van der Waals surface area contributed by atoms with E-state index >= 15 is 0 Å². The predicted octanol–water partition coefficient (Wildman–Crippen LogP) is 5.07. The van der Waals surface area contributed by atoms with E-state index < -0.39 is 58.6 Å². The van der Waals surface area contributed by atoms with E-state index in [4.69, 9.17) is 21.4 Å². The summed E-state index contributed by atoms with van der Waals surface area (Å²) in [5.74, 6) is -7.11. The summed E-state index contributed by atoms with van der Waals surface area (Å²) >= 11 is 6.04. The van der Waals surface area contributed by atoms with Crippen molar-refractivity contribution in [2.75, 3.05) is 18.6 Å². The molecule has 2 aliphatic heterocycles. The van der Waals surface area contributed by atoms with Crippen LogP contribution in [-0.4, -0.2) is 58.4 Å². The van der Waals surface area contributed by atoms with Gasteiger partial charge in [-0.25, -0.2) is 9.29 Å². The van der Waals surface area contributed by atoms with Gasteiger partial charge in [-0.05, 0) is 62.8 Å². The number of ether oxygens (including phenoxy) is 1. The molecule has 0 radical (unpaired) electrons. The molecule has 0 bridgehead atoms. The smallest absolute Gasteiger partial charge is 0.303 e. The van der Waals surface area contributed by atoms with Crippen molar-refractivity contribution >= 4 is 46.9 Å². The minimum absolute atomic E-state index is 0.00898. The van der Waals surface area contributed by atoms with Gasteiger partial charge in [-0.1, -0.05) is 41.8 Å². The Bertz CT molecular complexity index is 1690. The first-order valence-electron chi connectivity index (χ1n) is 15.4. The number of fused-ring (bicyclic) bond motifs is 4. The van der Waals surface area contributed by atoms with E-state index in [2.05, 4.69) is 0 Å². The summed E-state index contributed by atoms with van der Waals surface area (Å²) < 4.78 is 19.5. The fourth-order valence-electron chi connectivity index (χ4n) is 8.18. The molecule has 12 heteroatoms. The maximum Gasteiger partial charge on any atom is 0.303 e. The summed E-state index contributed by atoms with van der Waals surface area (Å²) in [5, 5.41) is 20.0. The van der Waals surface area contributed by atoms with Crippen molar-refractivity contribution in [2.45, 2.75) is 51.4 Å². The number of carboxylic acids is 1. The molecule has 242 valence electrons. The lowest BCUT2D eigenvalue weighted by Gasteiger charge is -2.49. The molecule has 6 atom stereocenters. The number of benzene rings is 2. The third kappa shape index (κ3) is 4.78. The number of phenols is 1. The average Bonchev–Trinajstić information content (AvgIpc) is 3.38. The number of nitrogens with zero attached hydrogens (tertiary/aromatic N) is 2. The highest BCUT2D eigenvalue weighted by molar-refractivity contribution is 6.31. The van der Waals surface area contributed by atoms with Gasteiger partial charge in [0.1, 0.15) is 5.82 Å². The lowest BCUT2D eigenvalue weighted by atomic mass is 9.51. The number of methoxy groups -OCH3 is 1. The third-order valence-electron chi connectivity index (χ3n) is 10.4. The number of phenolic OH excluding ortho intramolecular Hbond substituents is 1. The maximum absolute atomic E-state index is 14.5. The molecule has 0 aromatic heterocycles. The van der Waals surface area contributed by atoms with Gasteiger partial charge in [0.15, 0.2) is 11.5 Å². The first-order valence-corrected chi connectivity index (χ1v) is 15.8. The van der Waals surface area contributed by atoms with Crippen molar-refractivity contribution in [3.8, 4) is 11.5 Å². The molecule has 4 aliphatic rings. The van der Waals surface area contributed by atoms with Gasteiger partial charge < -0.3 is 14.9 Å².